The Bertz CT molecular complexity index is 747. The van der Waals surface area contributed by atoms with Gasteiger partial charge in [0.25, 0.3) is 5.91 Å². The van der Waals surface area contributed by atoms with Crippen LogP contribution in [0.2, 0.25) is 0 Å². The molecule has 1 aromatic carbocycles. The normalized spacial score (nSPS) is 23.5. The fourth-order valence-electron chi connectivity index (χ4n) is 3.82. The van der Waals surface area contributed by atoms with E-state index in [-0.39, 0.29) is 30.5 Å². The van der Waals surface area contributed by atoms with E-state index in [2.05, 4.69) is 35.1 Å². The Morgan fingerprint density at radius 3 is 2.89 bits per heavy atom. The second-order valence-electron chi connectivity index (χ2n) is 8.04. The van der Waals surface area contributed by atoms with E-state index in [1.54, 1.807) is 11.0 Å². The number of rotatable bonds is 6. The van der Waals surface area contributed by atoms with Gasteiger partial charge in [0, 0.05) is 11.0 Å². The van der Waals surface area contributed by atoms with Crippen molar-refractivity contribution in [3.63, 3.8) is 0 Å². The Hall–Kier alpha value is -1.82. The minimum atomic E-state index is -0.192. The van der Waals surface area contributed by atoms with Crippen LogP contribution in [0.25, 0.3) is 6.08 Å². The number of benzene rings is 1. The quantitative estimate of drug-likeness (QED) is 0.665. The van der Waals surface area contributed by atoms with Crippen molar-refractivity contribution in [3.05, 3.63) is 40.1 Å². The average molecular weight is 449 g/mol. The molecule has 0 aromatic heterocycles. The van der Waals surface area contributed by atoms with Gasteiger partial charge >= 0.3 is 0 Å². The summed E-state index contributed by atoms with van der Waals surface area (Å²) in [6, 6.07) is 7.73. The predicted molar refractivity (Wildman–Crippen MR) is 113 cm³/mol. The van der Waals surface area contributed by atoms with Crippen molar-refractivity contribution >= 4 is 33.8 Å². The molecule has 0 bridgehead atoms. The Balaban J connectivity index is 1.76. The van der Waals surface area contributed by atoms with E-state index >= 15 is 0 Å². The molecule has 0 spiro atoms. The fraction of sp³-hybridized carbons (Fsp3) is 0.545. The third-order valence-electron chi connectivity index (χ3n) is 5.32. The maximum Gasteiger partial charge on any atom is 0.289 e. The van der Waals surface area contributed by atoms with Crippen molar-refractivity contribution < 1.29 is 14.3 Å². The summed E-state index contributed by atoms with van der Waals surface area (Å²) in [5.74, 6) is 0.577. The van der Waals surface area contributed by atoms with E-state index in [1.165, 1.54) is 0 Å². The van der Waals surface area contributed by atoms with Crippen molar-refractivity contribution in [2.24, 2.45) is 5.92 Å². The summed E-state index contributed by atoms with van der Waals surface area (Å²) >= 11 is 3.46. The SMILES string of the molecule is CC(C)CCNC(=O)CN1C(=O)/C(=C\c2cccc(Br)c2)OC2CCCCC21. The third kappa shape index (κ3) is 5.37. The van der Waals surface area contributed by atoms with Gasteiger partial charge in [0.2, 0.25) is 5.91 Å². The van der Waals surface area contributed by atoms with Crippen molar-refractivity contribution in [2.75, 3.05) is 13.1 Å². The molecule has 5 nitrogen and oxygen atoms in total. The molecule has 1 saturated carbocycles. The number of hydrogen-bond acceptors (Lipinski definition) is 3. The lowest BCUT2D eigenvalue weighted by molar-refractivity contribution is -0.151. The van der Waals surface area contributed by atoms with Crippen molar-refractivity contribution in [2.45, 2.75) is 58.1 Å². The van der Waals surface area contributed by atoms with E-state index in [0.29, 0.717) is 18.2 Å². The van der Waals surface area contributed by atoms with Crippen LogP contribution in [0.4, 0.5) is 0 Å². The molecule has 6 heteroatoms. The highest BCUT2D eigenvalue weighted by Gasteiger charge is 2.42. The summed E-state index contributed by atoms with van der Waals surface area (Å²) in [5, 5.41) is 2.95. The van der Waals surface area contributed by atoms with Crippen LogP contribution < -0.4 is 5.32 Å². The fourth-order valence-corrected chi connectivity index (χ4v) is 4.24. The van der Waals surface area contributed by atoms with Gasteiger partial charge in [-0.1, -0.05) is 48.3 Å². The number of ether oxygens (including phenoxy) is 1. The number of hydrogen-bond donors (Lipinski definition) is 1. The monoisotopic (exact) mass is 448 g/mol. The molecule has 152 valence electrons. The molecule has 2 atom stereocenters. The summed E-state index contributed by atoms with van der Waals surface area (Å²) < 4.78 is 7.04. The number of nitrogens with one attached hydrogen (secondary N) is 1. The first kappa shape index (κ1) is 20.9. The first-order valence-corrected chi connectivity index (χ1v) is 10.9. The summed E-state index contributed by atoms with van der Waals surface area (Å²) in [7, 11) is 0. The predicted octanol–water partition coefficient (Wildman–Crippen LogP) is 4.12. The Labute approximate surface area is 175 Å². The third-order valence-corrected chi connectivity index (χ3v) is 5.82. The molecular weight excluding hydrogens is 420 g/mol. The van der Waals surface area contributed by atoms with Crippen LogP contribution in [0, 0.1) is 5.92 Å². The van der Waals surface area contributed by atoms with Crippen molar-refractivity contribution in [1.29, 1.82) is 0 Å². The number of carbonyl (C=O) groups excluding carboxylic acids is 2. The summed E-state index contributed by atoms with van der Waals surface area (Å²) in [6.45, 7) is 4.99. The lowest BCUT2D eigenvalue weighted by atomic mass is 9.89. The maximum absolute atomic E-state index is 13.1. The first-order chi connectivity index (χ1) is 13.4. The molecule has 0 radical (unpaired) electrons. The number of morpholine rings is 1. The van der Waals surface area contributed by atoms with Gasteiger partial charge in [-0.15, -0.1) is 0 Å². The number of nitrogens with zero attached hydrogens (tertiary/aromatic N) is 1. The van der Waals surface area contributed by atoms with Crippen LogP contribution in [0.1, 0.15) is 51.5 Å². The van der Waals surface area contributed by atoms with Gasteiger partial charge in [-0.2, -0.15) is 0 Å². The standard InChI is InChI=1S/C22H29BrN2O3/c1-15(2)10-11-24-21(26)14-25-18-8-3-4-9-19(18)28-20(22(25)27)13-16-6-5-7-17(23)12-16/h5-7,12-13,15,18-19H,3-4,8-11,14H2,1-2H3,(H,24,26)/b20-13+. The van der Waals surface area contributed by atoms with Gasteiger partial charge in [-0.05, 0) is 55.4 Å². The van der Waals surface area contributed by atoms with Crippen LogP contribution in [0.15, 0.2) is 34.5 Å². The van der Waals surface area contributed by atoms with Crippen LogP contribution in [-0.4, -0.2) is 41.9 Å². The second kappa shape index (κ2) is 9.59. The van der Waals surface area contributed by atoms with E-state index in [9.17, 15) is 9.59 Å². The van der Waals surface area contributed by atoms with Gasteiger partial charge < -0.3 is 15.0 Å². The molecule has 2 aliphatic rings. The second-order valence-corrected chi connectivity index (χ2v) is 8.95. The number of fused-ring (bicyclic) bond motifs is 1. The Morgan fingerprint density at radius 1 is 1.36 bits per heavy atom. The van der Waals surface area contributed by atoms with E-state index in [1.807, 2.05) is 24.3 Å². The molecule has 1 saturated heterocycles. The van der Waals surface area contributed by atoms with Crippen molar-refractivity contribution in [1.82, 2.24) is 10.2 Å². The molecule has 1 N–H and O–H groups in total. The molecule has 2 unspecified atom stereocenters. The maximum atomic E-state index is 13.1. The summed E-state index contributed by atoms with van der Waals surface area (Å²) in [5.41, 5.74) is 0.897. The number of carbonyl (C=O) groups is 2. The van der Waals surface area contributed by atoms with Crippen LogP contribution in [0.3, 0.4) is 0 Å². The van der Waals surface area contributed by atoms with Crippen LogP contribution in [0.5, 0.6) is 0 Å². The highest BCUT2D eigenvalue weighted by atomic mass is 79.9. The largest absolute Gasteiger partial charge is 0.482 e. The highest BCUT2D eigenvalue weighted by Crippen LogP contribution is 2.33. The molecule has 3 rings (SSSR count). The van der Waals surface area contributed by atoms with Crippen LogP contribution in [-0.2, 0) is 14.3 Å². The van der Waals surface area contributed by atoms with Gasteiger partial charge in [-0.25, -0.2) is 0 Å². The average Bonchev–Trinajstić information content (AvgIpc) is 2.65. The van der Waals surface area contributed by atoms with Gasteiger partial charge in [0.05, 0.1) is 6.04 Å². The smallest absolute Gasteiger partial charge is 0.289 e. The van der Waals surface area contributed by atoms with E-state index in [0.717, 1.165) is 42.1 Å². The van der Waals surface area contributed by atoms with E-state index in [4.69, 9.17) is 4.74 Å². The van der Waals surface area contributed by atoms with E-state index < -0.39 is 0 Å². The molecule has 28 heavy (non-hydrogen) atoms. The molecule has 1 heterocycles. The number of halogens is 1. The van der Waals surface area contributed by atoms with Crippen LogP contribution >= 0.6 is 15.9 Å². The zero-order chi connectivity index (χ0) is 20.1. The summed E-state index contributed by atoms with van der Waals surface area (Å²) in [6.07, 6.45) is 6.64. The zero-order valence-electron chi connectivity index (χ0n) is 16.6. The Morgan fingerprint density at radius 2 is 2.14 bits per heavy atom. The molecule has 1 aliphatic carbocycles. The van der Waals surface area contributed by atoms with Gasteiger partial charge in [0.1, 0.15) is 12.6 Å². The topological polar surface area (TPSA) is 58.6 Å². The molecule has 1 aliphatic heterocycles. The van der Waals surface area contributed by atoms with Gasteiger partial charge in [-0.3, -0.25) is 9.59 Å². The molecular formula is C22H29BrN2O3. The zero-order valence-corrected chi connectivity index (χ0v) is 18.2. The first-order valence-electron chi connectivity index (χ1n) is 10.2. The minimum Gasteiger partial charge on any atom is -0.482 e. The highest BCUT2D eigenvalue weighted by molar-refractivity contribution is 9.10. The summed E-state index contributed by atoms with van der Waals surface area (Å²) in [4.78, 5) is 27.3. The molecule has 2 amide bonds. The molecule has 2 fully saturated rings. The molecule has 1 aromatic rings. The van der Waals surface area contributed by atoms with Gasteiger partial charge in [0.15, 0.2) is 5.76 Å². The lowest BCUT2D eigenvalue weighted by Crippen LogP contribution is -2.57. The minimum absolute atomic E-state index is 0.0169. The Kier molecular flexibility index (Phi) is 7.16. The lowest BCUT2D eigenvalue weighted by Gasteiger charge is -2.44. The number of amides is 2. The van der Waals surface area contributed by atoms with Crippen molar-refractivity contribution in [3.8, 4) is 0 Å².